The summed E-state index contributed by atoms with van der Waals surface area (Å²) in [4.78, 5) is 29.9. The zero-order valence-corrected chi connectivity index (χ0v) is 16.2. The summed E-state index contributed by atoms with van der Waals surface area (Å²) < 4.78 is 0. The molecule has 3 heterocycles. The van der Waals surface area contributed by atoms with Gasteiger partial charge in [-0.25, -0.2) is 10.4 Å². The first kappa shape index (κ1) is 18.3. The molecule has 2 aromatic heterocycles. The van der Waals surface area contributed by atoms with E-state index in [1.165, 1.54) is 12.8 Å². The van der Waals surface area contributed by atoms with E-state index in [4.69, 9.17) is 4.98 Å². The fourth-order valence-electron chi connectivity index (χ4n) is 4.05. The summed E-state index contributed by atoms with van der Waals surface area (Å²) in [6.45, 7) is 2.06. The van der Waals surface area contributed by atoms with Crippen molar-refractivity contribution < 1.29 is 4.79 Å². The summed E-state index contributed by atoms with van der Waals surface area (Å²) in [6, 6.07) is 3.91. The van der Waals surface area contributed by atoms with E-state index in [0.29, 0.717) is 12.0 Å². The van der Waals surface area contributed by atoms with Crippen LogP contribution in [0.2, 0.25) is 0 Å². The standard InChI is InChI=1S/C20H25N7O/c1-3-16-19(28)26(2)17-13-22-20(25-23-12-14-8-10-21-11-9-14)24-18(17)27(16)15-6-4-5-7-15/h8-13,15-16H,3-7H2,1-2H3,(H,22,24,25)/b23-12+. The average Bonchev–Trinajstić information content (AvgIpc) is 3.25. The highest BCUT2D eigenvalue weighted by Crippen LogP contribution is 2.39. The van der Waals surface area contributed by atoms with Crippen molar-refractivity contribution in [3.8, 4) is 0 Å². The maximum absolute atomic E-state index is 12.9. The second-order valence-corrected chi connectivity index (χ2v) is 7.22. The zero-order chi connectivity index (χ0) is 19.5. The molecule has 28 heavy (non-hydrogen) atoms. The number of hydrogen-bond acceptors (Lipinski definition) is 7. The van der Waals surface area contributed by atoms with Crippen LogP contribution < -0.4 is 15.2 Å². The van der Waals surface area contributed by atoms with Crippen LogP contribution in [0.25, 0.3) is 0 Å². The lowest BCUT2D eigenvalue weighted by Crippen LogP contribution is -2.55. The maximum Gasteiger partial charge on any atom is 0.249 e. The molecule has 0 aromatic carbocycles. The second kappa shape index (κ2) is 7.92. The van der Waals surface area contributed by atoms with Crippen molar-refractivity contribution in [2.45, 2.75) is 51.1 Å². The highest BCUT2D eigenvalue weighted by Gasteiger charge is 2.41. The predicted octanol–water partition coefficient (Wildman–Crippen LogP) is 2.82. The van der Waals surface area contributed by atoms with E-state index >= 15 is 0 Å². The van der Waals surface area contributed by atoms with Crippen LogP contribution in [0.4, 0.5) is 17.5 Å². The highest BCUT2D eigenvalue weighted by atomic mass is 16.2. The van der Waals surface area contributed by atoms with Crippen molar-refractivity contribution in [1.29, 1.82) is 0 Å². The van der Waals surface area contributed by atoms with Crippen LogP contribution in [0.1, 0.15) is 44.6 Å². The van der Waals surface area contributed by atoms with Crippen molar-refractivity contribution in [1.82, 2.24) is 15.0 Å². The lowest BCUT2D eigenvalue weighted by atomic mass is 10.0. The first-order valence-corrected chi connectivity index (χ1v) is 9.81. The fraction of sp³-hybridized carbons (Fsp3) is 0.450. The Morgan fingerprint density at radius 2 is 2.04 bits per heavy atom. The van der Waals surface area contributed by atoms with E-state index in [1.807, 2.05) is 12.1 Å². The summed E-state index contributed by atoms with van der Waals surface area (Å²) in [5.74, 6) is 1.35. The number of pyridine rings is 1. The molecule has 0 bridgehead atoms. The van der Waals surface area contributed by atoms with Gasteiger partial charge in [-0.1, -0.05) is 19.8 Å². The number of hydrogen-bond donors (Lipinski definition) is 1. The topological polar surface area (TPSA) is 86.6 Å². The van der Waals surface area contributed by atoms with Crippen LogP contribution in [-0.4, -0.2) is 46.2 Å². The van der Waals surface area contributed by atoms with Crippen molar-refractivity contribution in [2.75, 3.05) is 22.3 Å². The number of likely N-dealkylation sites (N-methyl/N-ethyl adjacent to an activating group) is 1. The Balaban J connectivity index is 1.64. The molecule has 1 aliphatic heterocycles. The molecule has 8 heteroatoms. The molecule has 8 nitrogen and oxygen atoms in total. The van der Waals surface area contributed by atoms with E-state index in [0.717, 1.165) is 36.3 Å². The largest absolute Gasteiger partial charge is 0.340 e. The molecule has 1 fully saturated rings. The van der Waals surface area contributed by atoms with Gasteiger partial charge in [-0.15, -0.1) is 0 Å². The van der Waals surface area contributed by atoms with E-state index in [9.17, 15) is 4.79 Å². The van der Waals surface area contributed by atoms with Gasteiger partial charge in [0, 0.05) is 25.5 Å². The minimum atomic E-state index is -0.177. The molecule has 1 aliphatic carbocycles. The van der Waals surface area contributed by atoms with Gasteiger partial charge >= 0.3 is 0 Å². The van der Waals surface area contributed by atoms with Crippen molar-refractivity contribution in [2.24, 2.45) is 5.10 Å². The Bertz CT molecular complexity index is 864. The molecule has 1 atom stereocenters. The summed E-state index contributed by atoms with van der Waals surface area (Å²) in [7, 11) is 1.80. The summed E-state index contributed by atoms with van der Waals surface area (Å²) in [5.41, 5.74) is 4.60. The van der Waals surface area contributed by atoms with Gasteiger partial charge in [0.05, 0.1) is 12.4 Å². The first-order chi connectivity index (χ1) is 13.7. The summed E-state index contributed by atoms with van der Waals surface area (Å²) in [6.07, 6.45) is 12.2. The Morgan fingerprint density at radius 1 is 1.29 bits per heavy atom. The molecular formula is C20H25N7O. The third-order valence-electron chi connectivity index (χ3n) is 5.50. The average molecular weight is 379 g/mol. The van der Waals surface area contributed by atoms with Crippen molar-refractivity contribution >= 4 is 29.6 Å². The number of nitrogens with one attached hydrogen (secondary N) is 1. The Labute approximate surface area is 164 Å². The molecular weight excluding hydrogens is 354 g/mol. The smallest absolute Gasteiger partial charge is 0.249 e. The number of amides is 1. The van der Waals surface area contributed by atoms with E-state index in [1.54, 1.807) is 36.8 Å². The SMILES string of the molecule is CCC1C(=O)N(C)c2cnc(N/N=C/c3ccncc3)nc2N1C1CCCC1. The number of carbonyl (C=O) groups is 1. The lowest BCUT2D eigenvalue weighted by molar-refractivity contribution is -0.120. The molecule has 1 amide bonds. The maximum atomic E-state index is 12.9. The number of nitrogens with zero attached hydrogens (tertiary/aromatic N) is 6. The third kappa shape index (κ3) is 3.42. The molecule has 1 N–H and O–H groups in total. The normalized spacial score (nSPS) is 20.1. The molecule has 0 saturated heterocycles. The fourth-order valence-corrected chi connectivity index (χ4v) is 4.05. The number of anilines is 3. The van der Waals surface area contributed by atoms with Crippen LogP contribution in [0, 0.1) is 0 Å². The highest BCUT2D eigenvalue weighted by molar-refractivity contribution is 6.04. The molecule has 2 aliphatic rings. The van der Waals surface area contributed by atoms with Crippen LogP contribution in [0.3, 0.4) is 0 Å². The van der Waals surface area contributed by atoms with Gasteiger partial charge in [0.1, 0.15) is 11.7 Å². The van der Waals surface area contributed by atoms with E-state index in [-0.39, 0.29) is 11.9 Å². The second-order valence-electron chi connectivity index (χ2n) is 7.22. The molecule has 2 aromatic rings. The van der Waals surface area contributed by atoms with Crippen molar-refractivity contribution in [3.63, 3.8) is 0 Å². The number of fused-ring (bicyclic) bond motifs is 1. The summed E-state index contributed by atoms with van der Waals surface area (Å²) >= 11 is 0. The summed E-state index contributed by atoms with van der Waals surface area (Å²) in [5, 5.41) is 4.23. The third-order valence-corrected chi connectivity index (χ3v) is 5.50. The van der Waals surface area contributed by atoms with Gasteiger partial charge in [0.2, 0.25) is 11.9 Å². The predicted molar refractivity (Wildman–Crippen MR) is 110 cm³/mol. The van der Waals surface area contributed by atoms with Gasteiger partial charge in [-0.2, -0.15) is 10.1 Å². The Hall–Kier alpha value is -3.03. The van der Waals surface area contributed by atoms with E-state index < -0.39 is 0 Å². The molecule has 1 saturated carbocycles. The molecule has 146 valence electrons. The van der Waals surface area contributed by atoms with Crippen molar-refractivity contribution in [3.05, 3.63) is 36.3 Å². The van der Waals surface area contributed by atoms with Gasteiger partial charge in [-0.05, 0) is 37.0 Å². The Morgan fingerprint density at radius 3 is 2.75 bits per heavy atom. The van der Waals surface area contributed by atoms with Crippen LogP contribution in [0.15, 0.2) is 35.8 Å². The van der Waals surface area contributed by atoms with Crippen LogP contribution in [0.5, 0.6) is 0 Å². The lowest BCUT2D eigenvalue weighted by Gasteiger charge is -2.43. The first-order valence-electron chi connectivity index (χ1n) is 9.81. The minimum absolute atomic E-state index is 0.113. The zero-order valence-electron chi connectivity index (χ0n) is 16.2. The van der Waals surface area contributed by atoms with Gasteiger partial charge < -0.3 is 9.80 Å². The molecule has 0 spiro atoms. The monoisotopic (exact) mass is 379 g/mol. The number of carbonyl (C=O) groups excluding carboxylic acids is 1. The quantitative estimate of drug-likeness (QED) is 0.635. The molecule has 4 rings (SSSR count). The van der Waals surface area contributed by atoms with Gasteiger partial charge in [-0.3, -0.25) is 9.78 Å². The number of aromatic nitrogens is 3. The minimum Gasteiger partial charge on any atom is -0.340 e. The van der Waals surface area contributed by atoms with Crippen LogP contribution in [-0.2, 0) is 4.79 Å². The van der Waals surface area contributed by atoms with E-state index in [2.05, 4.69) is 32.3 Å². The van der Waals surface area contributed by atoms with Gasteiger partial charge in [0.25, 0.3) is 0 Å². The molecule has 1 unspecified atom stereocenters. The molecule has 0 radical (unpaired) electrons. The number of hydrazone groups is 1. The number of rotatable bonds is 5. The van der Waals surface area contributed by atoms with Crippen LogP contribution >= 0.6 is 0 Å². The van der Waals surface area contributed by atoms with Gasteiger partial charge in [0.15, 0.2) is 5.82 Å². The Kier molecular flexibility index (Phi) is 5.18.